The van der Waals surface area contributed by atoms with Crippen molar-refractivity contribution in [3.05, 3.63) is 54.2 Å². The Bertz CT molecular complexity index is 1390. The molecule has 178 valence electrons. The normalized spacial score (nSPS) is 14.6. The SMILES string of the molecule is Cc1cc(C#N)ncc1Oc1cc(Nc2ccc(OC3CCN(C)CC3)cn2)c2ncn(C)c2n1. The van der Waals surface area contributed by atoms with Gasteiger partial charge in [0.1, 0.15) is 35.0 Å². The third kappa shape index (κ3) is 5.00. The van der Waals surface area contributed by atoms with Gasteiger partial charge in [0.05, 0.1) is 24.4 Å². The van der Waals surface area contributed by atoms with E-state index in [4.69, 9.17) is 14.7 Å². The molecule has 5 rings (SSSR count). The largest absolute Gasteiger partial charge is 0.489 e. The number of hydrogen-bond acceptors (Lipinski definition) is 9. The summed E-state index contributed by atoms with van der Waals surface area (Å²) in [6, 6.07) is 9.29. The predicted octanol–water partition coefficient (Wildman–Crippen LogP) is 3.95. The number of piperidine rings is 1. The van der Waals surface area contributed by atoms with Crippen molar-refractivity contribution in [3.8, 4) is 23.4 Å². The van der Waals surface area contributed by atoms with Gasteiger partial charge in [0.2, 0.25) is 5.88 Å². The molecule has 0 bridgehead atoms. The molecule has 5 heterocycles. The van der Waals surface area contributed by atoms with Crippen LogP contribution in [-0.2, 0) is 7.05 Å². The molecular weight excluding hydrogens is 444 g/mol. The van der Waals surface area contributed by atoms with Gasteiger partial charge in [0.15, 0.2) is 11.4 Å². The number of pyridine rings is 3. The molecule has 10 nitrogen and oxygen atoms in total. The first-order valence-electron chi connectivity index (χ1n) is 11.4. The molecule has 0 amide bonds. The number of nitrogens with zero attached hydrogens (tertiary/aromatic N) is 7. The van der Waals surface area contributed by atoms with Crippen molar-refractivity contribution in [3.63, 3.8) is 0 Å². The number of nitriles is 1. The maximum atomic E-state index is 9.05. The molecule has 1 aliphatic heterocycles. The van der Waals surface area contributed by atoms with Gasteiger partial charge < -0.3 is 24.3 Å². The molecule has 10 heteroatoms. The Hall–Kier alpha value is -4.23. The summed E-state index contributed by atoms with van der Waals surface area (Å²) in [4.78, 5) is 20.0. The van der Waals surface area contributed by atoms with Crippen LogP contribution in [0.2, 0.25) is 0 Å². The zero-order valence-corrected chi connectivity index (χ0v) is 19.9. The fourth-order valence-electron chi connectivity index (χ4n) is 4.00. The molecule has 0 spiro atoms. The molecule has 1 saturated heterocycles. The van der Waals surface area contributed by atoms with Crippen molar-refractivity contribution >= 4 is 22.7 Å². The molecule has 4 aromatic heterocycles. The molecule has 35 heavy (non-hydrogen) atoms. The topological polar surface area (TPSA) is 114 Å². The van der Waals surface area contributed by atoms with Crippen LogP contribution in [0, 0.1) is 18.3 Å². The van der Waals surface area contributed by atoms with Gasteiger partial charge in [-0.1, -0.05) is 0 Å². The Kier molecular flexibility index (Phi) is 6.16. The third-order valence-corrected chi connectivity index (χ3v) is 6.00. The second-order valence-corrected chi connectivity index (χ2v) is 8.71. The van der Waals surface area contributed by atoms with Gasteiger partial charge in [-0.2, -0.15) is 10.2 Å². The number of hydrogen-bond donors (Lipinski definition) is 1. The summed E-state index contributed by atoms with van der Waals surface area (Å²) in [5, 5.41) is 12.4. The molecule has 0 saturated carbocycles. The molecule has 1 N–H and O–H groups in total. The van der Waals surface area contributed by atoms with Gasteiger partial charge >= 0.3 is 0 Å². The Labute approximate surface area is 203 Å². The van der Waals surface area contributed by atoms with Crippen LogP contribution in [0.15, 0.2) is 43.0 Å². The summed E-state index contributed by atoms with van der Waals surface area (Å²) in [7, 11) is 4.01. The quantitative estimate of drug-likeness (QED) is 0.447. The van der Waals surface area contributed by atoms with Crippen LogP contribution in [-0.4, -0.2) is 55.6 Å². The average molecular weight is 471 g/mol. The van der Waals surface area contributed by atoms with Gasteiger partial charge in [-0.25, -0.2) is 15.0 Å². The first-order valence-corrected chi connectivity index (χ1v) is 11.4. The van der Waals surface area contributed by atoms with Crippen LogP contribution in [0.1, 0.15) is 24.1 Å². The molecule has 4 aromatic rings. The van der Waals surface area contributed by atoms with Crippen molar-refractivity contribution in [1.82, 2.24) is 29.4 Å². The van der Waals surface area contributed by atoms with E-state index in [1.54, 1.807) is 24.7 Å². The van der Waals surface area contributed by atoms with Crippen LogP contribution in [0.3, 0.4) is 0 Å². The first-order chi connectivity index (χ1) is 17.0. The molecule has 0 unspecified atom stereocenters. The highest BCUT2D eigenvalue weighted by molar-refractivity contribution is 5.88. The van der Waals surface area contributed by atoms with E-state index in [0.717, 1.165) is 37.2 Å². The molecular formula is C25H26N8O2. The van der Waals surface area contributed by atoms with E-state index in [1.807, 2.05) is 36.7 Å². The second kappa shape index (κ2) is 9.56. The lowest BCUT2D eigenvalue weighted by molar-refractivity contribution is 0.114. The van der Waals surface area contributed by atoms with E-state index < -0.39 is 0 Å². The summed E-state index contributed by atoms with van der Waals surface area (Å²) >= 11 is 0. The van der Waals surface area contributed by atoms with Gasteiger partial charge in [0, 0.05) is 26.2 Å². The lowest BCUT2D eigenvalue weighted by Crippen LogP contribution is -2.35. The lowest BCUT2D eigenvalue weighted by Gasteiger charge is -2.29. The van der Waals surface area contributed by atoms with Crippen LogP contribution in [0.4, 0.5) is 11.5 Å². The van der Waals surface area contributed by atoms with Gasteiger partial charge in [-0.05, 0) is 50.6 Å². The number of nitrogens with one attached hydrogen (secondary N) is 1. The average Bonchev–Trinajstić information content (AvgIpc) is 3.24. The van der Waals surface area contributed by atoms with E-state index in [-0.39, 0.29) is 6.10 Å². The van der Waals surface area contributed by atoms with Gasteiger partial charge in [0.25, 0.3) is 0 Å². The lowest BCUT2D eigenvalue weighted by atomic mass is 10.1. The van der Waals surface area contributed by atoms with Gasteiger partial charge in [-0.15, -0.1) is 0 Å². The second-order valence-electron chi connectivity index (χ2n) is 8.71. The van der Waals surface area contributed by atoms with E-state index in [0.29, 0.717) is 40.0 Å². The number of imidazole rings is 1. The maximum absolute atomic E-state index is 9.05. The Balaban J connectivity index is 1.36. The van der Waals surface area contributed by atoms with Crippen molar-refractivity contribution < 1.29 is 9.47 Å². The number of rotatable bonds is 6. The van der Waals surface area contributed by atoms with Crippen molar-refractivity contribution in [1.29, 1.82) is 5.26 Å². The summed E-state index contributed by atoms with van der Waals surface area (Å²) in [5.41, 5.74) is 3.19. The Morgan fingerprint density at radius 1 is 1.09 bits per heavy atom. The molecule has 0 aromatic carbocycles. The van der Waals surface area contributed by atoms with Crippen LogP contribution < -0.4 is 14.8 Å². The highest BCUT2D eigenvalue weighted by atomic mass is 16.5. The first kappa shape index (κ1) is 22.6. The standard InChI is InChI=1S/C25H26N8O2/c1-16-10-17(12-26)27-14-21(16)35-23-11-20(24-25(31-23)33(3)15-29-24)30-22-5-4-19(13-28-22)34-18-6-8-32(2)9-7-18/h4-5,10-11,13-15,18H,6-9H2,1-3H3,(H,28,30,31). The van der Waals surface area contributed by atoms with Crippen LogP contribution >= 0.6 is 0 Å². The fourth-order valence-corrected chi connectivity index (χ4v) is 4.00. The molecule has 0 atom stereocenters. The van der Waals surface area contributed by atoms with Crippen LogP contribution in [0.25, 0.3) is 11.2 Å². The molecule has 0 aliphatic carbocycles. The zero-order chi connectivity index (χ0) is 24.4. The molecule has 1 aliphatic rings. The van der Waals surface area contributed by atoms with E-state index in [9.17, 15) is 0 Å². The number of ether oxygens (including phenoxy) is 2. The molecule has 0 radical (unpaired) electrons. The van der Waals surface area contributed by atoms with Gasteiger partial charge in [-0.3, -0.25) is 0 Å². The van der Waals surface area contributed by atoms with E-state index in [1.165, 1.54) is 6.20 Å². The number of aromatic nitrogens is 5. The van der Waals surface area contributed by atoms with E-state index >= 15 is 0 Å². The fraction of sp³-hybridized carbons (Fsp3) is 0.320. The minimum absolute atomic E-state index is 0.222. The Morgan fingerprint density at radius 2 is 1.91 bits per heavy atom. The minimum Gasteiger partial charge on any atom is -0.489 e. The smallest absolute Gasteiger partial charge is 0.223 e. The van der Waals surface area contributed by atoms with E-state index in [2.05, 4.69) is 37.2 Å². The van der Waals surface area contributed by atoms with Crippen LogP contribution in [0.5, 0.6) is 17.4 Å². The number of anilines is 2. The zero-order valence-electron chi connectivity index (χ0n) is 19.9. The number of likely N-dealkylation sites (tertiary alicyclic amines) is 1. The highest BCUT2D eigenvalue weighted by Gasteiger charge is 2.18. The summed E-state index contributed by atoms with van der Waals surface area (Å²) in [6.45, 7) is 3.95. The highest BCUT2D eigenvalue weighted by Crippen LogP contribution is 2.31. The molecule has 1 fully saturated rings. The third-order valence-electron chi connectivity index (χ3n) is 6.00. The van der Waals surface area contributed by atoms with Crippen molar-refractivity contribution in [2.45, 2.75) is 25.9 Å². The maximum Gasteiger partial charge on any atom is 0.223 e. The van der Waals surface area contributed by atoms with Crippen molar-refractivity contribution in [2.75, 3.05) is 25.5 Å². The predicted molar refractivity (Wildman–Crippen MR) is 131 cm³/mol. The monoisotopic (exact) mass is 470 g/mol. The summed E-state index contributed by atoms with van der Waals surface area (Å²) < 4.78 is 14.0. The van der Waals surface area contributed by atoms with Crippen molar-refractivity contribution in [2.24, 2.45) is 7.05 Å². The minimum atomic E-state index is 0.222. The summed E-state index contributed by atoms with van der Waals surface area (Å²) in [5.74, 6) is 2.31. The Morgan fingerprint density at radius 3 is 2.63 bits per heavy atom. The number of fused-ring (bicyclic) bond motifs is 1. The summed E-state index contributed by atoms with van der Waals surface area (Å²) in [6.07, 6.45) is 7.22. The number of aryl methyl sites for hydroxylation is 2.